The molecule has 1 nitrogen and oxygen atoms in total. The molecule has 0 radical (unpaired) electrons. The molecular weight excluding hydrogens is 226 g/mol. The Balaban J connectivity index is 2.67. The van der Waals surface area contributed by atoms with E-state index in [-0.39, 0.29) is 0 Å². The van der Waals surface area contributed by atoms with Crippen LogP contribution in [-0.4, -0.2) is 24.1 Å². The standard InChI is InChI=1S/C15H25NS/c1-5-16-15(11-17-6-2)10-14-9-12(3)7-8-13(14)4/h7-9,15-16H,5-6,10-11H2,1-4H3. The van der Waals surface area contributed by atoms with E-state index in [0.717, 1.165) is 13.0 Å². The number of likely N-dealkylation sites (N-methyl/N-ethyl adjacent to an activating group) is 1. The highest BCUT2D eigenvalue weighted by Gasteiger charge is 2.09. The van der Waals surface area contributed by atoms with Crippen LogP contribution in [0.2, 0.25) is 0 Å². The lowest BCUT2D eigenvalue weighted by Gasteiger charge is -2.19. The number of hydrogen-bond acceptors (Lipinski definition) is 2. The molecule has 1 N–H and O–H groups in total. The predicted octanol–water partition coefficient (Wildman–Crippen LogP) is 3.58. The molecule has 0 aliphatic carbocycles. The number of nitrogens with one attached hydrogen (secondary N) is 1. The van der Waals surface area contributed by atoms with Crippen molar-refractivity contribution in [3.05, 3.63) is 34.9 Å². The van der Waals surface area contributed by atoms with Crippen LogP contribution in [-0.2, 0) is 6.42 Å². The Bertz CT molecular complexity index is 336. The van der Waals surface area contributed by atoms with E-state index in [1.165, 1.54) is 28.2 Å². The first-order valence-electron chi connectivity index (χ1n) is 6.54. The quantitative estimate of drug-likeness (QED) is 0.795. The van der Waals surface area contributed by atoms with E-state index in [2.05, 4.69) is 51.2 Å². The topological polar surface area (TPSA) is 12.0 Å². The maximum Gasteiger partial charge on any atom is 0.0198 e. The first kappa shape index (κ1) is 14.6. The number of hydrogen-bond donors (Lipinski definition) is 1. The zero-order valence-electron chi connectivity index (χ0n) is 11.5. The molecule has 0 aromatic heterocycles. The first-order valence-corrected chi connectivity index (χ1v) is 7.70. The molecule has 1 atom stereocenters. The van der Waals surface area contributed by atoms with Gasteiger partial charge in [-0.15, -0.1) is 0 Å². The van der Waals surface area contributed by atoms with Gasteiger partial charge < -0.3 is 5.32 Å². The second-order valence-electron chi connectivity index (χ2n) is 4.55. The molecule has 0 aliphatic heterocycles. The van der Waals surface area contributed by atoms with Crippen molar-refractivity contribution in [3.8, 4) is 0 Å². The van der Waals surface area contributed by atoms with Crippen molar-refractivity contribution >= 4 is 11.8 Å². The summed E-state index contributed by atoms with van der Waals surface area (Å²) in [6, 6.07) is 7.36. The Labute approximate surface area is 110 Å². The Morgan fingerprint density at radius 2 is 2.00 bits per heavy atom. The SMILES string of the molecule is CCNC(CSCC)Cc1cc(C)ccc1C. The van der Waals surface area contributed by atoms with Crippen molar-refractivity contribution in [2.75, 3.05) is 18.1 Å². The Kier molecular flexibility index (Phi) is 6.68. The van der Waals surface area contributed by atoms with Gasteiger partial charge in [-0.25, -0.2) is 0 Å². The average Bonchev–Trinajstić information content (AvgIpc) is 2.31. The summed E-state index contributed by atoms with van der Waals surface area (Å²) in [6.45, 7) is 9.86. The second-order valence-corrected chi connectivity index (χ2v) is 5.87. The fraction of sp³-hybridized carbons (Fsp3) is 0.600. The van der Waals surface area contributed by atoms with Gasteiger partial charge in [-0.3, -0.25) is 0 Å². The summed E-state index contributed by atoms with van der Waals surface area (Å²) >= 11 is 2.02. The Hall–Kier alpha value is -0.470. The zero-order chi connectivity index (χ0) is 12.7. The van der Waals surface area contributed by atoms with E-state index in [1.807, 2.05) is 11.8 Å². The van der Waals surface area contributed by atoms with Crippen LogP contribution in [0.15, 0.2) is 18.2 Å². The van der Waals surface area contributed by atoms with Gasteiger partial charge in [-0.05, 0) is 43.7 Å². The van der Waals surface area contributed by atoms with E-state index in [1.54, 1.807) is 0 Å². The van der Waals surface area contributed by atoms with Crippen molar-refractivity contribution in [1.29, 1.82) is 0 Å². The van der Waals surface area contributed by atoms with Crippen molar-refractivity contribution in [2.45, 2.75) is 40.2 Å². The molecule has 1 aromatic rings. The summed E-state index contributed by atoms with van der Waals surface area (Å²) in [5, 5.41) is 3.59. The van der Waals surface area contributed by atoms with E-state index in [0.29, 0.717) is 6.04 Å². The minimum absolute atomic E-state index is 0.602. The second kappa shape index (κ2) is 7.78. The largest absolute Gasteiger partial charge is 0.313 e. The zero-order valence-corrected chi connectivity index (χ0v) is 12.4. The van der Waals surface area contributed by atoms with Gasteiger partial charge in [0.05, 0.1) is 0 Å². The van der Waals surface area contributed by atoms with Crippen molar-refractivity contribution < 1.29 is 0 Å². The van der Waals surface area contributed by atoms with Crippen molar-refractivity contribution in [3.63, 3.8) is 0 Å². The predicted molar refractivity (Wildman–Crippen MR) is 80.1 cm³/mol. The lowest BCUT2D eigenvalue weighted by Crippen LogP contribution is -2.33. The molecule has 0 spiro atoms. The molecule has 0 amide bonds. The molecule has 0 aliphatic rings. The molecule has 0 heterocycles. The third-order valence-electron chi connectivity index (χ3n) is 2.99. The van der Waals surface area contributed by atoms with E-state index in [4.69, 9.17) is 0 Å². The Morgan fingerprint density at radius 3 is 2.65 bits per heavy atom. The van der Waals surface area contributed by atoms with Gasteiger partial charge in [-0.1, -0.05) is 37.6 Å². The monoisotopic (exact) mass is 251 g/mol. The van der Waals surface area contributed by atoms with Crippen molar-refractivity contribution in [2.24, 2.45) is 0 Å². The van der Waals surface area contributed by atoms with Crippen LogP contribution in [0, 0.1) is 13.8 Å². The third kappa shape index (κ3) is 5.13. The highest BCUT2D eigenvalue weighted by Crippen LogP contribution is 2.15. The molecular formula is C15H25NS. The van der Waals surface area contributed by atoms with Crippen LogP contribution in [0.5, 0.6) is 0 Å². The summed E-state index contributed by atoms with van der Waals surface area (Å²) in [7, 11) is 0. The highest BCUT2D eigenvalue weighted by atomic mass is 32.2. The lowest BCUT2D eigenvalue weighted by molar-refractivity contribution is 0.571. The van der Waals surface area contributed by atoms with Crippen LogP contribution in [0.25, 0.3) is 0 Å². The minimum Gasteiger partial charge on any atom is -0.313 e. The third-order valence-corrected chi connectivity index (χ3v) is 4.03. The smallest absolute Gasteiger partial charge is 0.0198 e. The summed E-state index contributed by atoms with van der Waals surface area (Å²) in [5.41, 5.74) is 4.27. The van der Waals surface area contributed by atoms with E-state index in [9.17, 15) is 0 Å². The lowest BCUT2D eigenvalue weighted by atomic mass is 9.99. The molecule has 0 saturated heterocycles. The fourth-order valence-electron chi connectivity index (χ4n) is 2.02. The van der Waals surface area contributed by atoms with Crippen LogP contribution in [0.4, 0.5) is 0 Å². The highest BCUT2D eigenvalue weighted by molar-refractivity contribution is 7.99. The van der Waals surface area contributed by atoms with Gasteiger partial charge in [0, 0.05) is 11.8 Å². The fourth-order valence-corrected chi connectivity index (χ4v) is 2.78. The summed E-state index contributed by atoms with van der Waals surface area (Å²) in [4.78, 5) is 0. The summed E-state index contributed by atoms with van der Waals surface area (Å²) < 4.78 is 0. The first-order chi connectivity index (χ1) is 8.17. The van der Waals surface area contributed by atoms with Gasteiger partial charge in [-0.2, -0.15) is 11.8 Å². The van der Waals surface area contributed by atoms with Gasteiger partial charge in [0.1, 0.15) is 0 Å². The number of thioether (sulfide) groups is 1. The average molecular weight is 251 g/mol. The van der Waals surface area contributed by atoms with Gasteiger partial charge in [0.25, 0.3) is 0 Å². The van der Waals surface area contributed by atoms with Crippen LogP contribution in [0.1, 0.15) is 30.5 Å². The van der Waals surface area contributed by atoms with Crippen LogP contribution < -0.4 is 5.32 Å². The minimum atomic E-state index is 0.602. The molecule has 0 saturated carbocycles. The Morgan fingerprint density at radius 1 is 1.24 bits per heavy atom. The number of rotatable bonds is 7. The molecule has 0 bridgehead atoms. The maximum atomic E-state index is 3.59. The van der Waals surface area contributed by atoms with Crippen LogP contribution >= 0.6 is 11.8 Å². The van der Waals surface area contributed by atoms with E-state index >= 15 is 0 Å². The molecule has 96 valence electrons. The summed E-state index contributed by atoms with van der Waals surface area (Å²) in [5.74, 6) is 2.41. The normalized spacial score (nSPS) is 12.7. The molecule has 2 heteroatoms. The van der Waals surface area contributed by atoms with Gasteiger partial charge in [0.2, 0.25) is 0 Å². The summed E-state index contributed by atoms with van der Waals surface area (Å²) in [6.07, 6.45) is 1.15. The van der Waals surface area contributed by atoms with E-state index < -0.39 is 0 Å². The number of benzene rings is 1. The van der Waals surface area contributed by atoms with Crippen molar-refractivity contribution in [1.82, 2.24) is 5.32 Å². The molecule has 1 aromatic carbocycles. The van der Waals surface area contributed by atoms with Crippen LogP contribution in [0.3, 0.4) is 0 Å². The molecule has 1 unspecified atom stereocenters. The van der Waals surface area contributed by atoms with Gasteiger partial charge >= 0.3 is 0 Å². The molecule has 17 heavy (non-hydrogen) atoms. The van der Waals surface area contributed by atoms with Gasteiger partial charge in [0.15, 0.2) is 0 Å². The number of aryl methyl sites for hydroxylation is 2. The molecule has 1 rings (SSSR count). The molecule has 0 fully saturated rings. The maximum absolute atomic E-state index is 3.59.